The SMILES string of the molecule is O=CCCc1ccc(-c2ccc(CCC=O)c(F)c2)cc1. The van der Waals surface area contributed by atoms with Crippen LogP contribution >= 0.6 is 0 Å². The first-order valence-corrected chi connectivity index (χ1v) is 6.99. The summed E-state index contributed by atoms with van der Waals surface area (Å²) in [5.41, 5.74) is 3.40. The van der Waals surface area contributed by atoms with Gasteiger partial charge < -0.3 is 9.59 Å². The van der Waals surface area contributed by atoms with Crippen molar-refractivity contribution >= 4 is 12.6 Å². The number of hydrogen-bond donors (Lipinski definition) is 0. The van der Waals surface area contributed by atoms with E-state index in [0.717, 1.165) is 35.7 Å². The number of rotatable bonds is 7. The van der Waals surface area contributed by atoms with E-state index in [1.807, 2.05) is 30.3 Å². The van der Waals surface area contributed by atoms with Crippen molar-refractivity contribution in [1.29, 1.82) is 0 Å². The fraction of sp³-hybridized carbons (Fsp3) is 0.222. The van der Waals surface area contributed by atoms with Crippen LogP contribution in [0.5, 0.6) is 0 Å². The van der Waals surface area contributed by atoms with Crippen LogP contribution in [0.4, 0.5) is 4.39 Å². The Labute approximate surface area is 123 Å². The van der Waals surface area contributed by atoms with Crippen LogP contribution in [0.3, 0.4) is 0 Å². The summed E-state index contributed by atoms with van der Waals surface area (Å²) in [6, 6.07) is 12.9. The van der Waals surface area contributed by atoms with E-state index in [-0.39, 0.29) is 5.82 Å². The van der Waals surface area contributed by atoms with E-state index in [4.69, 9.17) is 0 Å². The van der Waals surface area contributed by atoms with Crippen molar-refractivity contribution in [1.82, 2.24) is 0 Å². The lowest BCUT2D eigenvalue weighted by Crippen LogP contribution is -1.92. The summed E-state index contributed by atoms with van der Waals surface area (Å²) in [5, 5.41) is 0. The van der Waals surface area contributed by atoms with E-state index in [1.165, 1.54) is 6.07 Å². The third-order valence-electron chi connectivity index (χ3n) is 3.42. The maximum atomic E-state index is 14.0. The Hall–Kier alpha value is -2.29. The lowest BCUT2D eigenvalue weighted by atomic mass is 9.99. The Bertz CT molecular complexity index is 618. The van der Waals surface area contributed by atoms with Crippen LogP contribution in [0.15, 0.2) is 42.5 Å². The minimum Gasteiger partial charge on any atom is -0.303 e. The lowest BCUT2D eigenvalue weighted by Gasteiger charge is -2.06. The molecule has 0 unspecified atom stereocenters. The lowest BCUT2D eigenvalue weighted by molar-refractivity contribution is -0.108. The topological polar surface area (TPSA) is 34.1 Å². The van der Waals surface area contributed by atoms with Gasteiger partial charge in [-0.2, -0.15) is 0 Å². The molecule has 0 fully saturated rings. The highest BCUT2D eigenvalue weighted by Crippen LogP contribution is 2.23. The van der Waals surface area contributed by atoms with Crippen LogP contribution in [0, 0.1) is 5.82 Å². The van der Waals surface area contributed by atoms with Crippen LogP contribution in [-0.4, -0.2) is 12.6 Å². The molecular weight excluding hydrogens is 267 g/mol. The van der Waals surface area contributed by atoms with Crippen molar-refractivity contribution in [2.45, 2.75) is 25.7 Å². The van der Waals surface area contributed by atoms with Gasteiger partial charge in [0.1, 0.15) is 18.4 Å². The third-order valence-corrected chi connectivity index (χ3v) is 3.42. The fourth-order valence-electron chi connectivity index (χ4n) is 2.23. The molecule has 0 aliphatic carbocycles. The standard InChI is InChI=1S/C18H17FO2/c19-18-13-17(10-9-16(18)4-2-12-21)15-7-5-14(6-8-15)3-1-11-20/h5-13H,1-4H2. The van der Waals surface area contributed by atoms with Gasteiger partial charge >= 0.3 is 0 Å². The molecular formula is C18H17FO2. The van der Waals surface area contributed by atoms with Crippen LogP contribution < -0.4 is 0 Å². The summed E-state index contributed by atoms with van der Waals surface area (Å²) < 4.78 is 14.0. The van der Waals surface area contributed by atoms with E-state index in [0.29, 0.717) is 24.8 Å². The zero-order chi connectivity index (χ0) is 15.1. The molecule has 2 nitrogen and oxygen atoms in total. The van der Waals surface area contributed by atoms with Gasteiger partial charge in [0.15, 0.2) is 0 Å². The summed E-state index contributed by atoms with van der Waals surface area (Å²) in [6.07, 6.45) is 3.71. The van der Waals surface area contributed by atoms with Gasteiger partial charge in [-0.3, -0.25) is 0 Å². The molecule has 2 rings (SSSR count). The second-order valence-electron chi connectivity index (χ2n) is 4.91. The highest BCUT2D eigenvalue weighted by Gasteiger charge is 2.05. The quantitative estimate of drug-likeness (QED) is 0.725. The molecule has 21 heavy (non-hydrogen) atoms. The van der Waals surface area contributed by atoms with Crippen LogP contribution in [0.25, 0.3) is 11.1 Å². The van der Waals surface area contributed by atoms with Gasteiger partial charge in [0.05, 0.1) is 0 Å². The molecule has 0 N–H and O–H groups in total. The number of hydrogen-bond acceptors (Lipinski definition) is 2. The van der Waals surface area contributed by atoms with Crippen LogP contribution in [-0.2, 0) is 22.4 Å². The van der Waals surface area contributed by atoms with Crippen molar-refractivity contribution in [2.24, 2.45) is 0 Å². The second-order valence-corrected chi connectivity index (χ2v) is 4.91. The molecule has 0 spiro atoms. The average Bonchev–Trinajstić information content (AvgIpc) is 2.52. The number of carbonyl (C=O) groups excluding carboxylic acids is 2. The van der Waals surface area contributed by atoms with Crippen molar-refractivity contribution in [3.05, 3.63) is 59.4 Å². The smallest absolute Gasteiger partial charge is 0.127 e. The number of aldehydes is 2. The van der Waals surface area contributed by atoms with E-state index in [2.05, 4.69) is 0 Å². The molecule has 0 heterocycles. The molecule has 0 amide bonds. The Kier molecular flexibility index (Phi) is 5.38. The largest absolute Gasteiger partial charge is 0.303 e. The highest BCUT2D eigenvalue weighted by atomic mass is 19.1. The first-order chi connectivity index (χ1) is 10.2. The minimum atomic E-state index is -0.278. The van der Waals surface area contributed by atoms with E-state index in [9.17, 15) is 14.0 Å². The zero-order valence-electron chi connectivity index (χ0n) is 11.7. The third kappa shape index (κ3) is 4.09. The number of carbonyl (C=O) groups is 2. The zero-order valence-corrected chi connectivity index (χ0v) is 11.7. The molecule has 0 atom stereocenters. The number of benzene rings is 2. The van der Waals surface area contributed by atoms with E-state index < -0.39 is 0 Å². The van der Waals surface area contributed by atoms with Gasteiger partial charge in [-0.05, 0) is 41.2 Å². The summed E-state index contributed by atoms with van der Waals surface area (Å²) in [6.45, 7) is 0. The van der Waals surface area contributed by atoms with Gasteiger partial charge in [-0.25, -0.2) is 4.39 Å². The van der Waals surface area contributed by atoms with Crippen LogP contribution in [0.2, 0.25) is 0 Å². The van der Waals surface area contributed by atoms with Crippen molar-refractivity contribution in [2.75, 3.05) is 0 Å². The van der Waals surface area contributed by atoms with E-state index in [1.54, 1.807) is 6.07 Å². The maximum Gasteiger partial charge on any atom is 0.127 e. The van der Waals surface area contributed by atoms with Crippen molar-refractivity contribution < 1.29 is 14.0 Å². The molecule has 108 valence electrons. The van der Waals surface area contributed by atoms with Crippen molar-refractivity contribution in [3.8, 4) is 11.1 Å². The Morgan fingerprint density at radius 1 is 0.810 bits per heavy atom. The first-order valence-electron chi connectivity index (χ1n) is 6.99. The minimum absolute atomic E-state index is 0.278. The molecule has 0 saturated heterocycles. The molecule has 0 aliphatic heterocycles. The Morgan fingerprint density at radius 3 is 2.05 bits per heavy atom. The second kappa shape index (κ2) is 7.48. The summed E-state index contributed by atoms with van der Waals surface area (Å²) in [4.78, 5) is 20.7. The Balaban J connectivity index is 2.15. The summed E-state index contributed by atoms with van der Waals surface area (Å²) >= 11 is 0. The number of halogens is 1. The molecule has 2 aromatic carbocycles. The molecule has 0 aromatic heterocycles. The van der Waals surface area contributed by atoms with Crippen LogP contribution in [0.1, 0.15) is 24.0 Å². The average molecular weight is 284 g/mol. The molecule has 3 heteroatoms. The van der Waals surface area contributed by atoms with Gasteiger partial charge in [0.2, 0.25) is 0 Å². The predicted molar refractivity (Wildman–Crippen MR) is 80.6 cm³/mol. The highest BCUT2D eigenvalue weighted by molar-refractivity contribution is 5.64. The summed E-state index contributed by atoms with van der Waals surface area (Å²) in [5.74, 6) is -0.278. The molecule has 2 aromatic rings. The fourth-order valence-corrected chi connectivity index (χ4v) is 2.23. The maximum absolute atomic E-state index is 14.0. The Morgan fingerprint density at radius 2 is 1.43 bits per heavy atom. The molecule has 0 bridgehead atoms. The number of aryl methyl sites for hydroxylation is 2. The van der Waals surface area contributed by atoms with Gasteiger partial charge in [0, 0.05) is 12.8 Å². The predicted octanol–water partition coefficient (Wildman–Crippen LogP) is 3.76. The molecule has 0 radical (unpaired) electrons. The van der Waals surface area contributed by atoms with E-state index >= 15 is 0 Å². The molecule has 0 saturated carbocycles. The van der Waals surface area contributed by atoms with Gasteiger partial charge in [-0.1, -0.05) is 36.4 Å². The summed E-state index contributed by atoms with van der Waals surface area (Å²) in [7, 11) is 0. The van der Waals surface area contributed by atoms with Crippen molar-refractivity contribution in [3.63, 3.8) is 0 Å². The van der Waals surface area contributed by atoms with Gasteiger partial charge in [0.25, 0.3) is 0 Å². The first kappa shape index (κ1) is 15.1. The normalized spacial score (nSPS) is 10.3. The monoisotopic (exact) mass is 284 g/mol. The molecule has 0 aliphatic rings. The van der Waals surface area contributed by atoms with Gasteiger partial charge in [-0.15, -0.1) is 0 Å².